The summed E-state index contributed by atoms with van der Waals surface area (Å²) in [7, 11) is 0. The first-order valence-corrected chi connectivity index (χ1v) is 8.58. The highest BCUT2D eigenvalue weighted by molar-refractivity contribution is 8.07. The number of Topliss-reactive ketones (excluding diaryl/α,β-unsaturated/α-hetero) is 1. The Morgan fingerprint density at radius 3 is 2.61 bits per heavy atom. The lowest BCUT2D eigenvalue weighted by atomic mass is 10.0. The van der Waals surface area contributed by atoms with Crippen LogP contribution >= 0.6 is 23.5 Å². The molecule has 1 aliphatic heterocycles. The van der Waals surface area contributed by atoms with Crippen molar-refractivity contribution in [3.8, 4) is 0 Å². The Morgan fingerprint density at radius 2 is 1.94 bits per heavy atom. The first-order valence-electron chi connectivity index (χ1n) is 6.48. The summed E-state index contributed by atoms with van der Waals surface area (Å²) in [5.41, 5.74) is 3.35. The van der Waals surface area contributed by atoms with E-state index in [0.717, 1.165) is 17.7 Å². The molecular formula is C15H20OS2. The van der Waals surface area contributed by atoms with Gasteiger partial charge in [-0.3, -0.25) is 4.79 Å². The number of hydrogen-bond donors (Lipinski definition) is 0. The van der Waals surface area contributed by atoms with E-state index in [-0.39, 0.29) is 5.25 Å². The second-order valence-electron chi connectivity index (χ2n) is 4.77. The molecule has 1 fully saturated rings. The molecule has 98 valence electrons. The third-order valence-electron chi connectivity index (χ3n) is 3.50. The van der Waals surface area contributed by atoms with Gasteiger partial charge >= 0.3 is 0 Å². The van der Waals surface area contributed by atoms with Crippen molar-refractivity contribution in [2.75, 3.05) is 11.5 Å². The van der Waals surface area contributed by atoms with E-state index in [0.29, 0.717) is 11.0 Å². The molecule has 2 rings (SSSR count). The molecule has 1 aliphatic rings. The van der Waals surface area contributed by atoms with Crippen LogP contribution in [0.4, 0.5) is 0 Å². The monoisotopic (exact) mass is 280 g/mol. The van der Waals surface area contributed by atoms with Gasteiger partial charge in [-0.05, 0) is 37.5 Å². The molecule has 1 nitrogen and oxygen atoms in total. The van der Waals surface area contributed by atoms with Gasteiger partial charge in [-0.2, -0.15) is 11.8 Å². The highest BCUT2D eigenvalue weighted by Crippen LogP contribution is 2.35. The van der Waals surface area contributed by atoms with Crippen molar-refractivity contribution in [3.63, 3.8) is 0 Å². The molecule has 0 N–H and O–H groups in total. The van der Waals surface area contributed by atoms with Gasteiger partial charge < -0.3 is 0 Å². The van der Waals surface area contributed by atoms with E-state index in [9.17, 15) is 4.79 Å². The Morgan fingerprint density at radius 1 is 1.22 bits per heavy atom. The molecule has 0 amide bonds. The Kier molecular flexibility index (Phi) is 4.79. The molecule has 1 saturated heterocycles. The Labute approximate surface area is 118 Å². The Bertz CT molecular complexity index is 442. The molecule has 0 aromatic heterocycles. The van der Waals surface area contributed by atoms with Crippen molar-refractivity contribution < 1.29 is 4.79 Å². The average molecular weight is 280 g/mol. The number of carbonyl (C=O) groups is 1. The average Bonchev–Trinajstić information content (AvgIpc) is 2.41. The van der Waals surface area contributed by atoms with Crippen LogP contribution in [-0.2, 0) is 0 Å². The van der Waals surface area contributed by atoms with Gasteiger partial charge in [0.1, 0.15) is 0 Å². The number of rotatable bonds is 3. The molecule has 1 aromatic carbocycles. The minimum Gasteiger partial charge on any atom is -0.293 e. The molecule has 2 atom stereocenters. The minimum absolute atomic E-state index is 0.149. The van der Waals surface area contributed by atoms with Gasteiger partial charge in [0.2, 0.25) is 0 Å². The largest absolute Gasteiger partial charge is 0.293 e. The van der Waals surface area contributed by atoms with Crippen LogP contribution in [0.1, 0.15) is 34.8 Å². The summed E-state index contributed by atoms with van der Waals surface area (Å²) < 4.78 is 0. The van der Waals surface area contributed by atoms with Crippen molar-refractivity contribution in [2.45, 2.75) is 37.7 Å². The SMILES string of the molecule is CCC1SCCSC1C(=O)c1ccc(C)c(C)c1. The number of aryl methyl sites for hydroxylation is 2. The summed E-state index contributed by atoms with van der Waals surface area (Å²) in [6.45, 7) is 6.35. The maximum absolute atomic E-state index is 12.6. The maximum atomic E-state index is 12.6. The van der Waals surface area contributed by atoms with Crippen molar-refractivity contribution in [1.82, 2.24) is 0 Å². The summed E-state index contributed by atoms with van der Waals surface area (Å²) >= 11 is 3.80. The fraction of sp³-hybridized carbons (Fsp3) is 0.533. The Hall–Kier alpha value is -0.410. The fourth-order valence-electron chi connectivity index (χ4n) is 2.20. The lowest BCUT2D eigenvalue weighted by molar-refractivity contribution is 0.0988. The van der Waals surface area contributed by atoms with E-state index in [2.05, 4.69) is 26.8 Å². The zero-order chi connectivity index (χ0) is 13.1. The van der Waals surface area contributed by atoms with Gasteiger partial charge in [0, 0.05) is 22.3 Å². The van der Waals surface area contributed by atoms with Crippen LogP contribution in [0.2, 0.25) is 0 Å². The van der Waals surface area contributed by atoms with Gasteiger partial charge in [-0.1, -0.05) is 19.1 Å². The number of carbonyl (C=O) groups excluding carboxylic acids is 1. The third kappa shape index (κ3) is 2.94. The van der Waals surface area contributed by atoms with Crippen LogP contribution in [0.15, 0.2) is 18.2 Å². The molecule has 1 aromatic rings. The lowest BCUT2D eigenvalue weighted by Crippen LogP contribution is -2.32. The van der Waals surface area contributed by atoms with Gasteiger partial charge in [0.15, 0.2) is 5.78 Å². The second-order valence-corrected chi connectivity index (χ2v) is 7.37. The predicted octanol–water partition coefficient (Wildman–Crippen LogP) is 4.11. The standard InChI is InChI=1S/C15H20OS2/c1-4-13-15(18-8-7-17-13)14(16)12-6-5-10(2)11(3)9-12/h5-6,9,13,15H,4,7-8H2,1-3H3. The van der Waals surface area contributed by atoms with E-state index in [4.69, 9.17) is 0 Å². The quantitative estimate of drug-likeness (QED) is 0.776. The van der Waals surface area contributed by atoms with E-state index in [1.807, 2.05) is 35.7 Å². The van der Waals surface area contributed by atoms with Crippen LogP contribution in [0.5, 0.6) is 0 Å². The number of benzene rings is 1. The smallest absolute Gasteiger partial charge is 0.176 e. The minimum atomic E-state index is 0.149. The molecule has 0 saturated carbocycles. The highest BCUT2D eigenvalue weighted by atomic mass is 32.2. The molecule has 0 bridgehead atoms. The summed E-state index contributed by atoms with van der Waals surface area (Å²) in [5.74, 6) is 2.60. The molecule has 2 unspecified atom stereocenters. The second kappa shape index (κ2) is 6.16. The summed E-state index contributed by atoms with van der Waals surface area (Å²) in [5, 5.41) is 0.633. The van der Waals surface area contributed by atoms with Crippen LogP contribution < -0.4 is 0 Å². The first kappa shape index (κ1) is 14.0. The summed E-state index contributed by atoms with van der Waals surface area (Å²) in [4.78, 5) is 12.6. The third-order valence-corrected chi connectivity index (χ3v) is 6.75. The van der Waals surface area contributed by atoms with Crippen molar-refractivity contribution in [1.29, 1.82) is 0 Å². The van der Waals surface area contributed by atoms with E-state index >= 15 is 0 Å². The van der Waals surface area contributed by atoms with Crippen LogP contribution in [0, 0.1) is 13.8 Å². The number of thioether (sulfide) groups is 2. The van der Waals surface area contributed by atoms with Crippen molar-refractivity contribution >= 4 is 29.3 Å². The van der Waals surface area contributed by atoms with Crippen LogP contribution in [-0.4, -0.2) is 27.8 Å². The number of ketones is 1. The zero-order valence-corrected chi connectivity index (χ0v) is 12.9. The maximum Gasteiger partial charge on any atom is 0.176 e. The molecule has 0 aliphatic carbocycles. The summed E-state index contributed by atoms with van der Waals surface area (Å²) in [6, 6.07) is 6.09. The zero-order valence-electron chi connectivity index (χ0n) is 11.2. The molecule has 18 heavy (non-hydrogen) atoms. The van der Waals surface area contributed by atoms with E-state index in [1.165, 1.54) is 16.9 Å². The van der Waals surface area contributed by atoms with Gasteiger partial charge in [0.05, 0.1) is 5.25 Å². The lowest BCUT2D eigenvalue weighted by Gasteiger charge is -2.28. The van der Waals surface area contributed by atoms with E-state index < -0.39 is 0 Å². The molecule has 1 heterocycles. The number of hydrogen-bond acceptors (Lipinski definition) is 3. The van der Waals surface area contributed by atoms with Gasteiger partial charge in [0.25, 0.3) is 0 Å². The van der Waals surface area contributed by atoms with Gasteiger partial charge in [-0.15, -0.1) is 11.8 Å². The molecule has 0 spiro atoms. The first-order chi connectivity index (χ1) is 8.63. The molecule has 0 radical (unpaired) electrons. The predicted molar refractivity (Wildman–Crippen MR) is 83.0 cm³/mol. The normalized spacial score (nSPS) is 23.9. The van der Waals surface area contributed by atoms with Crippen molar-refractivity contribution in [2.24, 2.45) is 0 Å². The van der Waals surface area contributed by atoms with Crippen LogP contribution in [0.25, 0.3) is 0 Å². The molecular weight excluding hydrogens is 260 g/mol. The summed E-state index contributed by atoms with van der Waals surface area (Å²) in [6.07, 6.45) is 1.08. The Balaban J connectivity index is 2.21. The van der Waals surface area contributed by atoms with E-state index in [1.54, 1.807) is 0 Å². The highest BCUT2D eigenvalue weighted by Gasteiger charge is 2.31. The topological polar surface area (TPSA) is 17.1 Å². The van der Waals surface area contributed by atoms with Gasteiger partial charge in [-0.25, -0.2) is 0 Å². The fourth-order valence-corrected chi connectivity index (χ4v) is 5.23. The van der Waals surface area contributed by atoms with Crippen LogP contribution in [0.3, 0.4) is 0 Å². The molecule has 3 heteroatoms. The van der Waals surface area contributed by atoms with Crippen molar-refractivity contribution in [3.05, 3.63) is 34.9 Å².